The zero-order valence-electron chi connectivity index (χ0n) is 12.2. The lowest BCUT2D eigenvalue weighted by Gasteiger charge is -2.47. The molecular weight excluding hydrogens is 309 g/mol. The molecule has 2 aliphatic rings. The van der Waals surface area contributed by atoms with Crippen LogP contribution in [-0.2, 0) is 9.59 Å². The van der Waals surface area contributed by atoms with Gasteiger partial charge < -0.3 is 0 Å². The van der Waals surface area contributed by atoms with Crippen molar-refractivity contribution in [1.82, 2.24) is 0 Å². The Balaban J connectivity index is 2.13. The Kier molecular flexibility index (Phi) is 3.16. The lowest BCUT2D eigenvalue weighted by atomic mass is 9.62. The maximum Gasteiger partial charge on any atom is 0.240 e. The second kappa shape index (κ2) is 4.47. The third-order valence-corrected chi connectivity index (χ3v) is 6.11. The van der Waals surface area contributed by atoms with Gasteiger partial charge in [0, 0.05) is 10.9 Å². The SMILES string of the molecule is CC1(C)[C@@H]2CC[C@@]1(C)C(=O)N(c1ccc(Cl)cc1Cl)C2=O. The minimum absolute atomic E-state index is 0.146. The summed E-state index contributed by atoms with van der Waals surface area (Å²) in [5, 5.41) is 0.807. The number of carbonyl (C=O) groups is 2. The lowest BCUT2D eigenvalue weighted by molar-refractivity contribution is -0.146. The van der Waals surface area contributed by atoms with Crippen LogP contribution in [0.15, 0.2) is 18.2 Å². The fourth-order valence-electron chi connectivity index (χ4n) is 3.71. The standard InChI is InChI=1S/C16H17Cl2NO2/c1-15(2)10-6-7-16(15,3)14(21)19(13(10)20)12-5-4-9(17)8-11(12)18/h4-5,8,10H,6-7H2,1-3H3/t10-,16+/m1/s1. The summed E-state index contributed by atoms with van der Waals surface area (Å²) < 4.78 is 0. The van der Waals surface area contributed by atoms with E-state index in [1.165, 1.54) is 4.90 Å². The van der Waals surface area contributed by atoms with Gasteiger partial charge >= 0.3 is 0 Å². The molecule has 1 aliphatic heterocycles. The van der Waals surface area contributed by atoms with Crippen molar-refractivity contribution < 1.29 is 9.59 Å². The van der Waals surface area contributed by atoms with Gasteiger partial charge in [0.05, 0.1) is 16.1 Å². The van der Waals surface area contributed by atoms with E-state index in [2.05, 4.69) is 0 Å². The number of imide groups is 1. The third-order valence-electron chi connectivity index (χ3n) is 5.57. The van der Waals surface area contributed by atoms with Gasteiger partial charge in [-0.25, -0.2) is 4.90 Å². The van der Waals surface area contributed by atoms with E-state index in [4.69, 9.17) is 23.2 Å². The number of anilines is 1. The van der Waals surface area contributed by atoms with Crippen LogP contribution >= 0.6 is 23.2 Å². The fourth-order valence-corrected chi connectivity index (χ4v) is 4.20. The first-order valence-electron chi connectivity index (χ1n) is 7.03. The molecule has 3 rings (SSSR count). The van der Waals surface area contributed by atoms with Gasteiger partial charge in [0.25, 0.3) is 0 Å². The molecule has 2 fully saturated rings. The van der Waals surface area contributed by atoms with E-state index < -0.39 is 5.41 Å². The van der Waals surface area contributed by atoms with E-state index in [0.29, 0.717) is 15.7 Å². The third kappa shape index (κ3) is 1.80. The minimum atomic E-state index is -0.533. The normalized spacial score (nSPS) is 30.9. The Bertz CT molecular complexity index is 656. The highest BCUT2D eigenvalue weighted by atomic mass is 35.5. The smallest absolute Gasteiger partial charge is 0.240 e. The van der Waals surface area contributed by atoms with Gasteiger partial charge in [0.2, 0.25) is 11.8 Å². The van der Waals surface area contributed by atoms with Gasteiger partial charge in [-0.1, -0.05) is 44.0 Å². The summed E-state index contributed by atoms with van der Waals surface area (Å²) in [6.45, 7) is 5.99. The molecule has 2 atom stereocenters. The van der Waals surface area contributed by atoms with Crippen LogP contribution in [0.1, 0.15) is 33.6 Å². The summed E-state index contributed by atoms with van der Waals surface area (Å²) in [5.74, 6) is -0.452. The molecule has 3 nitrogen and oxygen atoms in total. The molecule has 1 heterocycles. The maximum absolute atomic E-state index is 13.0. The number of hydrogen-bond acceptors (Lipinski definition) is 2. The van der Waals surface area contributed by atoms with Crippen molar-refractivity contribution in [1.29, 1.82) is 0 Å². The van der Waals surface area contributed by atoms with Gasteiger partial charge in [-0.05, 0) is 36.5 Å². The summed E-state index contributed by atoms with van der Waals surface area (Å²) >= 11 is 12.1. The molecule has 2 bridgehead atoms. The van der Waals surface area contributed by atoms with Crippen LogP contribution in [0.5, 0.6) is 0 Å². The number of fused-ring (bicyclic) bond motifs is 2. The molecule has 0 spiro atoms. The van der Waals surface area contributed by atoms with Crippen LogP contribution in [-0.4, -0.2) is 11.8 Å². The fraction of sp³-hybridized carbons (Fsp3) is 0.500. The average Bonchev–Trinajstić information content (AvgIpc) is 2.57. The van der Waals surface area contributed by atoms with E-state index in [1.54, 1.807) is 18.2 Å². The number of hydrogen-bond donors (Lipinski definition) is 0. The zero-order chi connectivity index (χ0) is 15.6. The van der Waals surface area contributed by atoms with Gasteiger partial charge in [0.15, 0.2) is 0 Å². The van der Waals surface area contributed by atoms with Crippen molar-refractivity contribution in [2.75, 3.05) is 4.90 Å². The maximum atomic E-state index is 13.0. The van der Waals surface area contributed by atoms with Gasteiger partial charge in [-0.3, -0.25) is 9.59 Å². The molecule has 1 aliphatic carbocycles. The number of rotatable bonds is 1. The number of nitrogens with zero attached hydrogens (tertiary/aromatic N) is 1. The van der Waals surface area contributed by atoms with Crippen molar-refractivity contribution in [3.05, 3.63) is 28.2 Å². The first kappa shape index (κ1) is 14.9. The first-order chi connectivity index (χ1) is 9.70. The number of carbonyl (C=O) groups excluding carboxylic acids is 2. The summed E-state index contributed by atoms with van der Waals surface area (Å²) in [6, 6.07) is 4.85. The van der Waals surface area contributed by atoms with Crippen molar-refractivity contribution in [2.45, 2.75) is 33.6 Å². The Labute approximate surface area is 134 Å². The molecule has 0 radical (unpaired) electrons. The molecule has 1 aromatic rings. The molecule has 2 amide bonds. The van der Waals surface area contributed by atoms with Crippen LogP contribution in [0.3, 0.4) is 0 Å². The highest BCUT2D eigenvalue weighted by Crippen LogP contribution is 2.60. The molecule has 21 heavy (non-hydrogen) atoms. The van der Waals surface area contributed by atoms with Crippen molar-refractivity contribution in [3.63, 3.8) is 0 Å². The first-order valence-corrected chi connectivity index (χ1v) is 7.79. The Morgan fingerprint density at radius 3 is 2.48 bits per heavy atom. The molecule has 112 valence electrons. The Hall–Kier alpha value is -1.06. The molecule has 1 saturated carbocycles. The van der Waals surface area contributed by atoms with Gasteiger partial charge in [-0.15, -0.1) is 0 Å². The van der Waals surface area contributed by atoms with E-state index in [0.717, 1.165) is 12.8 Å². The van der Waals surface area contributed by atoms with Crippen LogP contribution in [0, 0.1) is 16.7 Å². The van der Waals surface area contributed by atoms with Crippen molar-refractivity contribution in [3.8, 4) is 0 Å². The highest BCUT2D eigenvalue weighted by molar-refractivity contribution is 6.38. The van der Waals surface area contributed by atoms with Gasteiger partial charge in [0.1, 0.15) is 0 Å². The predicted molar refractivity (Wildman–Crippen MR) is 83.6 cm³/mol. The second-order valence-corrected chi connectivity index (χ2v) is 7.56. The monoisotopic (exact) mass is 325 g/mol. The highest BCUT2D eigenvalue weighted by Gasteiger charge is 2.64. The van der Waals surface area contributed by atoms with Crippen LogP contribution in [0.2, 0.25) is 10.0 Å². The quantitative estimate of drug-likeness (QED) is 0.721. The molecule has 0 unspecified atom stereocenters. The van der Waals surface area contributed by atoms with Crippen LogP contribution in [0.25, 0.3) is 0 Å². The molecule has 1 saturated heterocycles. The topological polar surface area (TPSA) is 37.4 Å². The van der Waals surface area contributed by atoms with Crippen LogP contribution < -0.4 is 4.90 Å². The van der Waals surface area contributed by atoms with Gasteiger partial charge in [-0.2, -0.15) is 0 Å². The molecule has 0 N–H and O–H groups in total. The van der Waals surface area contributed by atoms with E-state index in [1.807, 2.05) is 20.8 Å². The van der Waals surface area contributed by atoms with E-state index in [-0.39, 0.29) is 23.1 Å². The summed E-state index contributed by atoms with van der Waals surface area (Å²) in [5.41, 5.74) is -0.421. The number of benzene rings is 1. The summed E-state index contributed by atoms with van der Waals surface area (Å²) in [7, 11) is 0. The molecule has 5 heteroatoms. The van der Waals surface area contributed by atoms with Crippen LogP contribution in [0.4, 0.5) is 5.69 Å². The second-order valence-electron chi connectivity index (χ2n) is 6.72. The largest absolute Gasteiger partial charge is 0.274 e. The number of amides is 2. The zero-order valence-corrected chi connectivity index (χ0v) is 13.8. The Morgan fingerprint density at radius 1 is 1.19 bits per heavy atom. The van der Waals surface area contributed by atoms with Crippen molar-refractivity contribution >= 4 is 40.7 Å². The van der Waals surface area contributed by atoms with Crippen molar-refractivity contribution in [2.24, 2.45) is 16.7 Å². The number of piperidine rings is 1. The number of halogens is 2. The molecular formula is C16H17Cl2NO2. The average molecular weight is 326 g/mol. The summed E-state index contributed by atoms with van der Waals surface area (Å²) in [6.07, 6.45) is 1.48. The molecule has 1 aromatic carbocycles. The minimum Gasteiger partial charge on any atom is -0.274 e. The summed E-state index contributed by atoms with van der Waals surface area (Å²) in [4.78, 5) is 27.1. The Morgan fingerprint density at radius 2 is 1.86 bits per heavy atom. The van der Waals surface area contributed by atoms with E-state index >= 15 is 0 Å². The molecule has 0 aromatic heterocycles. The lowest BCUT2D eigenvalue weighted by Crippen LogP contribution is -2.59. The van der Waals surface area contributed by atoms with E-state index in [9.17, 15) is 9.59 Å². The predicted octanol–water partition coefficient (Wildman–Crippen LogP) is 4.31.